The highest BCUT2D eigenvalue weighted by Crippen LogP contribution is 2.45. The first-order valence-corrected chi connectivity index (χ1v) is 29.5. The van der Waals surface area contributed by atoms with Crippen molar-refractivity contribution in [2.75, 3.05) is 85.2 Å². The standard InChI is InChI=1S/C61H74N6O8S2/c1-8-62-25-15-9-10-19-47(68)20-16-26-76-77-61(2,3)24-23-58(69)63-44-28-40(38-74-56-34-52-48(32-54(56)72-6)59(70)66-45(36-64(52)4)30-42-17-11-13-21-50(42)66)27-41(29-44)39-75-57-35-53-49(33-55(57)73-7)60(71)67-46(37-65(53)5)31-43-18-12-14-22-51(43)67/h11-14,17-18,21-22,27-29,32-35,45-46,62H,8-10,15-16,19-20,23-26,30-31,36-39H2,1-7H3,(H,63,69)/t45-,46-/m1/s1. The lowest BCUT2D eigenvalue weighted by molar-refractivity contribution is -0.119. The van der Waals surface area contributed by atoms with Crippen LogP contribution in [0, 0.1) is 0 Å². The lowest BCUT2D eigenvalue weighted by Gasteiger charge is -2.25. The number of amides is 3. The fourth-order valence-corrected chi connectivity index (χ4v) is 13.7. The lowest BCUT2D eigenvalue weighted by Crippen LogP contribution is -2.41. The van der Waals surface area contributed by atoms with Gasteiger partial charge in [-0.1, -0.05) is 71.3 Å². The molecule has 0 radical (unpaired) electrons. The molecule has 4 aliphatic heterocycles. The first-order chi connectivity index (χ1) is 37.2. The second kappa shape index (κ2) is 25.0. The van der Waals surface area contributed by atoms with Crippen molar-refractivity contribution in [3.63, 3.8) is 0 Å². The number of fused-ring (bicyclic) bond motifs is 8. The van der Waals surface area contributed by atoms with Gasteiger partial charge in [-0.3, -0.25) is 19.2 Å². The molecule has 2 atom stereocenters. The average molecular weight is 1080 g/mol. The van der Waals surface area contributed by atoms with E-state index in [9.17, 15) is 19.2 Å². The normalized spacial score (nSPS) is 16.4. The van der Waals surface area contributed by atoms with Crippen molar-refractivity contribution in [3.05, 3.63) is 124 Å². The van der Waals surface area contributed by atoms with Crippen LogP contribution in [0.25, 0.3) is 0 Å². The first kappa shape index (κ1) is 55.4. The van der Waals surface area contributed by atoms with Crippen LogP contribution in [-0.2, 0) is 35.6 Å². The van der Waals surface area contributed by atoms with E-state index in [1.165, 1.54) is 0 Å². The van der Waals surface area contributed by atoms with Crippen molar-refractivity contribution in [1.82, 2.24) is 5.32 Å². The summed E-state index contributed by atoms with van der Waals surface area (Å²) in [6.45, 7) is 9.94. The Balaban J connectivity index is 0.897. The Bertz CT molecular complexity index is 2810. The van der Waals surface area contributed by atoms with Crippen LogP contribution >= 0.6 is 21.6 Å². The molecule has 0 unspecified atom stereocenters. The number of hydrogen-bond donors (Lipinski definition) is 2. The lowest BCUT2D eigenvalue weighted by atomic mass is 10.1. The minimum Gasteiger partial charge on any atom is -0.493 e. The Morgan fingerprint density at radius 1 is 0.649 bits per heavy atom. The van der Waals surface area contributed by atoms with E-state index >= 15 is 0 Å². The van der Waals surface area contributed by atoms with Crippen molar-refractivity contribution in [2.45, 2.75) is 115 Å². The Kier molecular flexibility index (Phi) is 18.0. The maximum absolute atomic E-state index is 14.3. The van der Waals surface area contributed by atoms with Gasteiger partial charge in [-0.2, -0.15) is 0 Å². The van der Waals surface area contributed by atoms with E-state index in [1.54, 1.807) is 47.9 Å². The molecule has 0 aromatic heterocycles. The van der Waals surface area contributed by atoms with Crippen LogP contribution in [0.15, 0.2) is 91.0 Å². The van der Waals surface area contributed by atoms with Gasteiger partial charge in [0.1, 0.15) is 19.0 Å². The fraction of sp³-hybridized carbons (Fsp3) is 0.443. The number of ketones is 1. The molecular weight excluding hydrogens is 1010 g/mol. The van der Waals surface area contributed by atoms with Gasteiger partial charge < -0.3 is 49.2 Å². The number of carbonyl (C=O) groups is 4. The van der Waals surface area contributed by atoms with E-state index in [-0.39, 0.29) is 47.8 Å². The molecule has 9 rings (SSSR count). The van der Waals surface area contributed by atoms with Gasteiger partial charge in [-0.25, -0.2) is 0 Å². The number of nitrogens with one attached hydrogen (secondary N) is 2. The third kappa shape index (κ3) is 13.0. The van der Waals surface area contributed by atoms with E-state index < -0.39 is 0 Å². The minimum absolute atomic E-state index is 0.00842. The third-order valence-electron chi connectivity index (χ3n) is 15.0. The van der Waals surface area contributed by atoms with Gasteiger partial charge >= 0.3 is 0 Å². The molecule has 4 aliphatic rings. The van der Waals surface area contributed by atoms with E-state index in [2.05, 4.69) is 53.3 Å². The molecule has 0 bridgehead atoms. The highest BCUT2D eigenvalue weighted by Gasteiger charge is 2.41. The van der Waals surface area contributed by atoms with Crippen LogP contribution in [-0.4, -0.2) is 101 Å². The van der Waals surface area contributed by atoms with Crippen LogP contribution in [0.5, 0.6) is 23.0 Å². The van der Waals surface area contributed by atoms with Gasteiger partial charge in [0.05, 0.1) is 48.8 Å². The Labute approximate surface area is 462 Å². The van der Waals surface area contributed by atoms with Crippen LogP contribution in [0.4, 0.5) is 28.4 Å². The van der Waals surface area contributed by atoms with E-state index in [0.717, 1.165) is 102 Å². The molecule has 14 nitrogen and oxygen atoms in total. The topological polar surface area (TPSA) is 142 Å². The van der Waals surface area contributed by atoms with Crippen LogP contribution in [0.3, 0.4) is 0 Å². The number of rotatable bonds is 25. The van der Waals surface area contributed by atoms with Crippen LogP contribution in [0.2, 0.25) is 0 Å². The average Bonchev–Trinajstić information content (AvgIpc) is 3.99. The van der Waals surface area contributed by atoms with Crippen molar-refractivity contribution >= 4 is 73.5 Å². The van der Waals surface area contributed by atoms with Gasteiger partial charge in [0, 0.05) is 86.1 Å². The molecule has 16 heteroatoms. The Hall–Kier alpha value is -6.36. The number of anilines is 5. The number of Topliss-reactive ketones (excluding diaryl/α,β-unsaturated/α-hetero) is 1. The molecule has 408 valence electrons. The largest absolute Gasteiger partial charge is 0.493 e. The monoisotopic (exact) mass is 1080 g/mol. The Morgan fingerprint density at radius 3 is 1.71 bits per heavy atom. The van der Waals surface area contributed by atoms with Crippen LogP contribution < -0.4 is 49.2 Å². The minimum atomic E-state index is -0.175. The molecule has 0 fully saturated rings. The Morgan fingerprint density at radius 2 is 1.18 bits per heavy atom. The molecular formula is C61H74N6O8S2. The predicted molar refractivity (Wildman–Crippen MR) is 312 cm³/mol. The summed E-state index contributed by atoms with van der Waals surface area (Å²) in [5.74, 6) is 2.79. The van der Waals surface area contributed by atoms with Crippen LogP contribution in [0.1, 0.15) is 115 Å². The van der Waals surface area contributed by atoms with E-state index in [4.69, 9.17) is 18.9 Å². The quantitative estimate of drug-likeness (QED) is 0.0423. The number of methoxy groups -OCH3 is 2. The number of para-hydroxylation sites is 2. The number of likely N-dealkylation sites (N-methyl/N-ethyl adjacent to an activating group) is 2. The van der Waals surface area contributed by atoms with Gasteiger partial charge in [0.25, 0.3) is 11.8 Å². The highest BCUT2D eigenvalue weighted by atomic mass is 33.1. The third-order valence-corrected chi connectivity index (χ3v) is 18.4. The number of hydrogen-bond acceptors (Lipinski definition) is 13. The SMILES string of the molecule is CCNCCCCCC(=O)CCCSSC(C)(C)CCC(=O)Nc1cc(COc2cc3c(cc2OC)C(=O)N2c4ccccc4C[C@@H]2CN3C)cc(COc2cc3c(cc2OC)C(=O)N2c4ccccc4C[C@@H]2CN3C)c1. The summed E-state index contributed by atoms with van der Waals surface area (Å²) < 4.78 is 24.8. The number of benzene rings is 5. The summed E-state index contributed by atoms with van der Waals surface area (Å²) in [6.07, 6.45) is 7.80. The van der Waals surface area contributed by atoms with Gasteiger partial charge in [-0.15, -0.1) is 0 Å². The maximum Gasteiger partial charge on any atom is 0.260 e. The predicted octanol–water partition coefficient (Wildman–Crippen LogP) is 11.3. The number of ether oxygens (including phenoxy) is 4. The number of nitrogens with zero attached hydrogens (tertiary/aromatic N) is 4. The zero-order chi connectivity index (χ0) is 54.2. The molecule has 77 heavy (non-hydrogen) atoms. The van der Waals surface area contributed by atoms with Gasteiger partial charge in [0.2, 0.25) is 5.91 Å². The molecule has 4 heterocycles. The molecule has 0 saturated heterocycles. The number of carbonyl (C=O) groups excluding carboxylic acids is 4. The van der Waals surface area contributed by atoms with Crippen molar-refractivity contribution < 1.29 is 38.1 Å². The summed E-state index contributed by atoms with van der Waals surface area (Å²) in [7, 11) is 10.7. The molecule has 3 amide bonds. The summed E-state index contributed by atoms with van der Waals surface area (Å²) in [4.78, 5) is 63.0. The van der Waals surface area contributed by atoms with E-state index in [1.807, 2.05) is 90.6 Å². The summed E-state index contributed by atoms with van der Waals surface area (Å²) in [5, 5.41) is 6.51. The second-order valence-corrected chi connectivity index (χ2v) is 24.4. The smallest absolute Gasteiger partial charge is 0.260 e. The zero-order valence-corrected chi connectivity index (χ0v) is 47.3. The molecule has 5 aromatic rings. The van der Waals surface area contributed by atoms with Gasteiger partial charge in [-0.05, 0) is 130 Å². The van der Waals surface area contributed by atoms with Gasteiger partial charge in [0.15, 0.2) is 23.0 Å². The maximum atomic E-state index is 14.3. The number of unbranched alkanes of at least 4 members (excludes halogenated alkanes) is 2. The molecule has 0 saturated carbocycles. The summed E-state index contributed by atoms with van der Waals surface area (Å²) in [5.41, 5.74) is 8.95. The van der Waals surface area contributed by atoms with E-state index in [0.29, 0.717) is 84.4 Å². The first-order valence-electron chi connectivity index (χ1n) is 27.1. The molecule has 2 N–H and O–H groups in total. The fourth-order valence-electron chi connectivity index (χ4n) is 11.1. The highest BCUT2D eigenvalue weighted by molar-refractivity contribution is 8.77. The summed E-state index contributed by atoms with van der Waals surface area (Å²) >= 11 is 0. The molecule has 0 aliphatic carbocycles. The van der Waals surface area contributed by atoms with Crippen molar-refractivity contribution in [1.29, 1.82) is 0 Å². The molecule has 5 aromatic carbocycles. The van der Waals surface area contributed by atoms with Crippen molar-refractivity contribution in [3.8, 4) is 23.0 Å². The molecule has 0 spiro atoms. The zero-order valence-electron chi connectivity index (χ0n) is 45.7. The summed E-state index contributed by atoms with van der Waals surface area (Å²) in [6, 6.07) is 29.3. The second-order valence-electron chi connectivity index (χ2n) is 21.3. The van der Waals surface area contributed by atoms with Crippen molar-refractivity contribution in [2.24, 2.45) is 0 Å².